The van der Waals surface area contributed by atoms with Crippen LogP contribution in [-0.4, -0.2) is 18.4 Å². The first kappa shape index (κ1) is 13.2. The maximum Gasteiger partial charge on any atom is 0.236 e. The summed E-state index contributed by atoms with van der Waals surface area (Å²) in [4.78, 5) is 22.0. The van der Waals surface area contributed by atoms with E-state index in [2.05, 4.69) is 19.2 Å². The topological polar surface area (TPSA) is 72.2 Å². The van der Waals surface area contributed by atoms with E-state index >= 15 is 0 Å². The number of amides is 2. The van der Waals surface area contributed by atoms with Gasteiger partial charge >= 0.3 is 0 Å². The average molecular weight is 234 g/mol. The molecule has 0 atom stereocenters. The Labute approximate surface area is 101 Å². The number of primary amides is 1. The van der Waals surface area contributed by atoms with Crippen LogP contribution in [0.1, 0.15) is 30.9 Å². The van der Waals surface area contributed by atoms with E-state index in [1.165, 1.54) is 5.56 Å². The molecule has 1 rings (SSSR count). The Hall–Kier alpha value is -1.84. The molecule has 2 amide bonds. The van der Waals surface area contributed by atoms with Crippen LogP contribution < -0.4 is 11.1 Å². The van der Waals surface area contributed by atoms with Crippen molar-refractivity contribution in [3.8, 4) is 0 Å². The molecule has 0 aliphatic rings. The van der Waals surface area contributed by atoms with Gasteiger partial charge in [0.05, 0.1) is 13.0 Å². The van der Waals surface area contributed by atoms with Crippen molar-refractivity contribution in [2.45, 2.75) is 26.2 Å². The predicted octanol–water partition coefficient (Wildman–Crippen LogP) is 0.954. The quantitative estimate of drug-likeness (QED) is 0.796. The van der Waals surface area contributed by atoms with E-state index in [9.17, 15) is 9.59 Å². The third-order valence-corrected chi connectivity index (χ3v) is 2.44. The highest BCUT2D eigenvalue weighted by atomic mass is 16.2. The molecule has 0 radical (unpaired) electrons. The standard InChI is InChI=1S/C13H18N2O2/c1-9(2)11-5-3-4-10(6-11)7-13(17)15-8-12(14)16/h3-6,9H,7-8H2,1-2H3,(H2,14,16)(H,15,17). The third kappa shape index (κ3) is 4.68. The van der Waals surface area contributed by atoms with Crippen molar-refractivity contribution in [1.82, 2.24) is 5.32 Å². The molecule has 1 aromatic rings. The normalized spacial score (nSPS) is 10.3. The van der Waals surface area contributed by atoms with Crippen LogP contribution in [0.4, 0.5) is 0 Å². The molecule has 0 heterocycles. The van der Waals surface area contributed by atoms with Gasteiger partial charge in [0, 0.05) is 0 Å². The Kier molecular flexibility index (Phi) is 4.69. The number of benzene rings is 1. The number of hydrogen-bond acceptors (Lipinski definition) is 2. The average Bonchev–Trinajstić information content (AvgIpc) is 2.26. The molecule has 0 fully saturated rings. The van der Waals surface area contributed by atoms with E-state index < -0.39 is 5.91 Å². The summed E-state index contributed by atoms with van der Waals surface area (Å²) < 4.78 is 0. The molecule has 17 heavy (non-hydrogen) atoms. The first-order valence-electron chi connectivity index (χ1n) is 5.63. The highest BCUT2D eigenvalue weighted by Crippen LogP contribution is 2.15. The molecule has 3 N–H and O–H groups in total. The highest BCUT2D eigenvalue weighted by Gasteiger charge is 2.06. The summed E-state index contributed by atoms with van der Waals surface area (Å²) in [6, 6.07) is 7.88. The lowest BCUT2D eigenvalue weighted by Crippen LogP contribution is -2.34. The van der Waals surface area contributed by atoms with Crippen LogP contribution in [0.3, 0.4) is 0 Å². The van der Waals surface area contributed by atoms with E-state index in [1.54, 1.807) is 0 Å². The van der Waals surface area contributed by atoms with Gasteiger partial charge in [-0.3, -0.25) is 9.59 Å². The molecule has 0 saturated heterocycles. The molecule has 0 spiro atoms. The lowest BCUT2D eigenvalue weighted by molar-refractivity contribution is -0.124. The zero-order valence-corrected chi connectivity index (χ0v) is 10.2. The molecule has 92 valence electrons. The smallest absolute Gasteiger partial charge is 0.236 e. The van der Waals surface area contributed by atoms with Gasteiger partial charge in [-0.1, -0.05) is 38.1 Å². The van der Waals surface area contributed by atoms with Crippen LogP contribution in [0, 0.1) is 0 Å². The Morgan fingerprint density at radius 1 is 1.35 bits per heavy atom. The summed E-state index contributed by atoms with van der Waals surface area (Å²) in [5.41, 5.74) is 7.09. The van der Waals surface area contributed by atoms with Crippen molar-refractivity contribution in [2.24, 2.45) is 5.73 Å². The van der Waals surface area contributed by atoms with E-state index in [0.717, 1.165) is 5.56 Å². The molecule has 1 aromatic carbocycles. The number of hydrogen-bond donors (Lipinski definition) is 2. The fraction of sp³-hybridized carbons (Fsp3) is 0.385. The third-order valence-electron chi connectivity index (χ3n) is 2.44. The van der Waals surface area contributed by atoms with E-state index in [-0.39, 0.29) is 18.9 Å². The van der Waals surface area contributed by atoms with Crippen LogP contribution in [0.5, 0.6) is 0 Å². The number of carbonyl (C=O) groups is 2. The first-order chi connectivity index (χ1) is 7.99. The zero-order chi connectivity index (χ0) is 12.8. The van der Waals surface area contributed by atoms with Gasteiger partial charge in [0.2, 0.25) is 11.8 Å². The lowest BCUT2D eigenvalue weighted by atomic mass is 10.00. The largest absolute Gasteiger partial charge is 0.368 e. The van der Waals surface area contributed by atoms with Crippen molar-refractivity contribution >= 4 is 11.8 Å². The van der Waals surface area contributed by atoms with Crippen LogP contribution in [0.15, 0.2) is 24.3 Å². The van der Waals surface area contributed by atoms with Gasteiger partial charge in [0.15, 0.2) is 0 Å². The van der Waals surface area contributed by atoms with Gasteiger partial charge in [-0.2, -0.15) is 0 Å². The summed E-state index contributed by atoms with van der Waals surface area (Å²) in [6.07, 6.45) is 0.272. The van der Waals surface area contributed by atoms with Gasteiger partial charge in [0.25, 0.3) is 0 Å². The van der Waals surface area contributed by atoms with Gasteiger partial charge in [-0.25, -0.2) is 0 Å². The number of nitrogens with two attached hydrogens (primary N) is 1. The fourth-order valence-corrected chi connectivity index (χ4v) is 1.50. The van der Waals surface area contributed by atoms with Crippen molar-refractivity contribution in [3.05, 3.63) is 35.4 Å². The second-order valence-electron chi connectivity index (χ2n) is 4.32. The molecular formula is C13H18N2O2. The minimum absolute atomic E-state index is 0.108. The summed E-state index contributed by atoms with van der Waals surface area (Å²) >= 11 is 0. The summed E-state index contributed by atoms with van der Waals surface area (Å²) in [5, 5.41) is 2.47. The summed E-state index contributed by atoms with van der Waals surface area (Å²) in [5.74, 6) is -0.289. The zero-order valence-electron chi connectivity index (χ0n) is 10.2. The highest BCUT2D eigenvalue weighted by molar-refractivity contribution is 5.84. The molecule has 0 bridgehead atoms. The number of rotatable bonds is 5. The lowest BCUT2D eigenvalue weighted by Gasteiger charge is -2.08. The Balaban J connectivity index is 2.59. The summed E-state index contributed by atoms with van der Waals surface area (Å²) in [6.45, 7) is 4.10. The molecule has 4 nitrogen and oxygen atoms in total. The summed E-state index contributed by atoms with van der Waals surface area (Å²) in [7, 11) is 0. The Morgan fingerprint density at radius 2 is 2.06 bits per heavy atom. The second-order valence-corrected chi connectivity index (χ2v) is 4.32. The fourth-order valence-electron chi connectivity index (χ4n) is 1.50. The number of carbonyl (C=O) groups excluding carboxylic acids is 2. The van der Waals surface area contributed by atoms with Crippen molar-refractivity contribution in [2.75, 3.05) is 6.54 Å². The van der Waals surface area contributed by atoms with Gasteiger partial charge < -0.3 is 11.1 Å². The van der Waals surface area contributed by atoms with Crippen molar-refractivity contribution in [3.63, 3.8) is 0 Å². The van der Waals surface area contributed by atoms with Crippen LogP contribution in [-0.2, 0) is 16.0 Å². The SMILES string of the molecule is CC(C)c1cccc(CC(=O)NCC(N)=O)c1. The molecule has 4 heteroatoms. The maximum atomic E-state index is 11.5. The van der Waals surface area contributed by atoms with Crippen LogP contribution in [0.2, 0.25) is 0 Å². The van der Waals surface area contributed by atoms with Crippen molar-refractivity contribution < 1.29 is 9.59 Å². The monoisotopic (exact) mass is 234 g/mol. The first-order valence-corrected chi connectivity index (χ1v) is 5.63. The molecule has 0 aliphatic heterocycles. The number of nitrogens with one attached hydrogen (secondary N) is 1. The molecular weight excluding hydrogens is 216 g/mol. The van der Waals surface area contributed by atoms with Gasteiger partial charge in [-0.05, 0) is 17.0 Å². The van der Waals surface area contributed by atoms with E-state index in [1.807, 2.05) is 24.3 Å². The van der Waals surface area contributed by atoms with Crippen LogP contribution in [0.25, 0.3) is 0 Å². The molecule has 0 aliphatic carbocycles. The maximum absolute atomic E-state index is 11.5. The molecule has 0 unspecified atom stereocenters. The predicted molar refractivity (Wildman–Crippen MR) is 66.4 cm³/mol. The minimum atomic E-state index is -0.533. The second kappa shape index (κ2) is 6.03. The van der Waals surface area contributed by atoms with Crippen molar-refractivity contribution in [1.29, 1.82) is 0 Å². The van der Waals surface area contributed by atoms with E-state index in [4.69, 9.17) is 5.73 Å². The van der Waals surface area contributed by atoms with Gasteiger partial charge in [-0.15, -0.1) is 0 Å². The molecule has 0 saturated carbocycles. The van der Waals surface area contributed by atoms with Crippen LogP contribution >= 0.6 is 0 Å². The Bertz CT molecular complexity index is 414. The van der Waals surface area contributed by atoms with Gasteiger partial charge in [0.1, 0.15) is 0 Å². The minimum Gasteiger partial charge on any atom is -0.368 e. The van der Waals surface area contributed by atoms with E-state index in [0.29, 0.717) is 5.92 Å². The Morgan fingerprint density at radius 3 is 2.65 bits per heavy atom. The molecule has 0 aromatic heterocycles.